The van der Waals surface area contributed by atoms with Crippen molar-refractivity contribution < 1.29 is 8.42 Å². The second kappa shape index (κ2) is 7.43. The summed E-state index contributed by atoms with van der Waals surface area (Å²) in [7, 11) is -3.50. The zero-order valence-electron chi connectivity index (χ0n) is 14.1. The van der Waals surface area contributed by atoms with Crippen LogP contribution in [0.25, 0.3) is 11.3 Å². The summed E-state index contributed by atoms with van der Waals surface area (Å²) >= 11 is 1.53. The number of hydrogen-bond acceptors (Lipinski definition) is 5. The van der Waals surface area contributed by atoms with E-state index in [0.717, 1.165) is 27.4 Å². The van der Waals surface area contributed by atoms with E-state index in [-0.39, 0.29) is 0 Å². The fraction of sp³-hybridized carbons (Fsp3) is 0.222. The van der Waals surface area contributed by atoms with Gasteiger partial charge in [-0.05, 0) is 37.6 Å². The van der Waals surface area contributed by atoms with Crippen molar-refractivity contribution in [1.82, 2.24) is 14.7 Å². The van der Waals surface area contributed by atoms with Gasteiger partial charge in [0, 0.05) is 36.3 Å². The minimum absolute atomic E-state index is 0.318. The highest BCUT2D eigenvalue weighted by atomic mass is 32.2. The Morgan fingerprint density at radius 2 is 1.88 bits per heavy atom. The summed E-state index contributed by atoms with van der Waals surface area (Å²) in [6.45, 7) is 4.07. The molecule has 0 bridgehead atoms. The van der Waals surface area contributed by atoms with Gasteiger partial charge in [-0.15, -0.1) is 11.3 Å². The van der Waals surface area contributed by atoms with Crippen LogP contribution in [0.5, 0.6) is 0 Å². The number of rotatable bonds is 6. The molecule has 0 saturated carbocycles. The van der Waals surface area contributed by atoms with E-state index >= 15 is 0 Å². The smallest absolute Gasteiger partial charge is 0.240 e. The minimum atomic E-state index is -3.50. The Bertz CT molecular complexity index is 967. The van der Waals surface area contributed by atoms with Crippen LogP contribution in [0, 0.1) is 13.8 Å². The van der Waals surface area contributed by atoms with E-state index in [4.69, 9.17) is 0 Å². The molecule has 7 heteroatoms. The number of sulfonamides is 1. The quantitative estimate of drug-likeness (QED) is 0.719. The van der Waals surface area contributed by atoms with Gasteiger partial charge in [-0.1, -0.05) is 17.7 Å². The van der Waals surface area contributed by atoms with Crippen LogP contribution in [0.3, 0.4) is 0 Å². The van der Waals surface area contributed by atoms with E-state index in [1.165, 1.54) is 11.3 Å². The number of hydrogen-bond donors (Lipinski definition) is 1. The number of aromatic nitrogens is 2. The highest BCUT2D eigenvalue weighted by Gasteiger charge is 2.16. The molecule has 5 nitrogen and oxygen atoms in total. The van der Waals surface area contributed by atoms with E-state index in [2.05, 4.69) is 14.7 Å². The Labute approximate surface area is 151 Å². The summed E-state index contributed by atoms with van der Waals surface area (Å²) in [6.07, 6.45) is 4.01. The summed E-state index contributed by atoms with van der Waals surface area (Å²) in [6, 6.07) is 9.14. The number of pyridine rings is 1. The Balaban J connectivity index is 1.64. The monoisotopic (exact) mass is 373 g/mol. The largest absolute Gasteiger partial charge is 0.265 e. The molecule has 0 unspecified atom stereocenters. The predicted molar refractivity (Wildman–Crippen MR) is 100 cm³/mol. The van der Waals surface area contributed by atoms with Crippen molar-refractivity contribution in [3.63, 3.8) is 0 Å². The van der Waals surface area contributed by atoms with Gasteiger partial charge in [-0.25, -0.2) is 18.1 Å². The first kappa shape index (κ1) is 17.7. The van der Waals surface area contributed by atoms with Crippen LogP contribution in [-0.2, 0) is 16.4 Å². The van der Waals surface area contributed by atoms with Gasteiger partial charge in [0.25, 0.3) is 0 Å². The lowest BCUT2D eigenvalue weighted by Crippen LogP contribution is -2.26. The Morgan fingerprint density at radius 3 is 2.60 bits per heavy atom. The van der Waals surface area contributed by atoms with Crippen LogP contribution < -0.4 is 4.72 Å². The summed E-state index contributed by atoms with van der Waals surface area (Å²) < 4.78 is 27.6. The molecule has 1 N–H and O–H groups in total. The van der Waals surface area contributed by atoms with E-state index in [0.29, 0.717) is 17.9 Å². The molecule has 0 spiro atoms. The Kier molecular flexibility index (Phi) is 5.27. The van der Waals surface area contributed by atoms with Gasteiger partial charge in [0.05, 0.1) is 15.6 Å². The maximum Gasteiger partial charge on any atom is 0.240 e. The maximum atomic E-state index is 12.4. The molecule has 3 rings (SSSR count). The fourth-order valence-corrected chi connectivity index (χ4v) is 4.62. The lowest BCUT2D eigenvalue weighted by molar-refractivity contribution is 0.581. The number of aryl methyl sites for hydroxylation is 2. The topological polar surface area (TPSA) is 72.0 Å². The molecule has 0 fully saturated rings. The molecule has 0 aliphatic rings. The highest BCUT2D eigenvalue weighted by Crippen LogP contribution is 2.21. The van der Waals surface area contributed by atoms with Crippen LogP contribution in [0.2, 0.25) is 0 Å². The SMILES string of the molecule is Cc1ccc(S(=O)(=O)NCCc2nc(-c3ccncc3)cs2)c(C)c1. The molecule has 130 valence electrons. The zero-order valence-corrected chi connectivity index (χ0v) is 15.7. The van der Waals surface area contributed by atoms with E-state index in [1.807, 2.05) is 43.5 Å². The number of thiazole rings is 1. The average molecular weight is 374 g/mol. The van der Waals surface area contributed by atoms with Crippen molar-refractivity contribution in [2.24, 2.45) is 0 Å². The molecular formula is C18H19N3O2S2. The molecule has 2 aromatic heterocycles. The van der Waals surface area contributed by atoms with E-state index < -0.39 is 10.0 Å². The summed E-state index contributed by atoms with van der Waals surface area (Å²) in [5.41, 5.74) is 3.69. The third-order valence-corrected chi connectivity index (χ3v) is 6.31. The van der Waals surface area contributed by atoms with Crippen LogP contribution in [0.4, 0.5) is 0 Å². The molecule has 2 heterocycles. The number of nitrogens with one attached hydrogen (secondary N) is 1. The van der Waals surface area contributed by atoms with Crippen molar-refractivity contribution in [2.45, 2.75) is 25.2 Å². The van der Waals surface area contributed by atoms with Crippen molar-refractivity contribution in [1.29, 1.82) is 0 Å². The maximum absolute atomic E-state index is 12.4. The first-order valence-electron chi connectivity index (χ1n) is 7.87. The standard InChI is InChI=1S/C18H19N3O2S2/c1-13-3-4-17(14(2)11-13)25(22,23)20-10-7-18-21-16(12-24-18)15-5-8-19-9-6-15/h3-6,8-9,11-12,20H,7,10H2,1-2H3. The normalized spacial score (nSPS) is 11.6. The van der Waals surface area contributed by atoms with Crippen LogP contribution in [0.1, 0.15) is 16.1 Å². The molecule has 0 aliphatic carbocycles. The first-order valence-corrected chi connectivity index (χ1v) is 10.2. The van der Waals surface area contributed by atoms with Gasteiger partial charge < -0.3 is 0 Å². The van der Waals surface area contributed by atoms with E-state index in [1.54, 1.807) is 18.5 Å². The molecule has 25 heavy (non-hydrogen) atoms. The molecule has 0 radical (unpaired) electrons. The van der Waals surface area contributed by atoms with Gasteiger partial charge in [0.1, 0.15) is 0 Å². The second-order valence-electron chi connectivity index (χ2n) is 5.78. The predicted octanol–water partition coefficient (Wildman–Crippen LogP) is 3.34. The number of benzene rings is 1. The van der Waals surface area contributed by atoms with Gasteiger partial charge >= 0.3 is 0 Å². The van der Waals surface area contributed by atoms with Crippen molar-refractivity contribution >= 4 is 21.4 Å². The summed E-state index contributed by atoms with van der Waals surface area (Å²) in [5.74, 6) is 0. The molecule has 3 aromatic rings. The zero-order chi connectivity index (χ0) is 17.9. The van der Waals surface area contributed by atoms with Crippen molar-refractivity contribution in [2.75, 3.05) is 6.54 Å². The lowest BCUT2D eigenvalue weighted by Gasteiger charge is -2.09. The Morgan fingerprint density at radius 1 is 1.12 bits per heavy atom. The third-order valence-electron chi connectivity index (χ3n) is 3.78. The second-order valence-corrected chi connectivity index (χ2v) is 8.46. The van der Waals surface area contributed by atoms with Crippen LogP contribution >= 0.6 is 11.3 Å². The minimum Gasteiger partial charge on any atom is -0.265 e. The molecular weight excluding hydrogens is 354 g/mol. The lowest BCUT2D eigenvalue weighted by atomic mass is 10.2. The molecule has 0 saturated heterocycles. The molecule has 0 atom stereocenters. The Hall–Kier alpha value is -2.09. The average Bonchev–Trinajstić information content (AvgIpc) is 3.04. The van der Waals surface area contributed by atoms with Crippen LogP contribution in [-0.4, -0.2) is 24.9 Å². The number of nitrogens with zero attached hydrogens (tertiary/aromatic N) is 2. The third kappa shape index (κ3) is 4.31. The fourth-order valence-electron chi connectivity index (χ4n) is 2.55. The molecule has 1 aromatic carbocycles. The van der Waals surface area contributed by atoms with Gasteiger partial charge in [-0.2, -0.15) is 0 Å². The first-order chi connectivity index (χ1) is 12.0. The molecule has 0 amide bonds. The van der Waals surface area contributed by atoms with Crippen molar-refractivity contribution in [3.05, 3.63) is 64.2 Å². The van der Waals surface area contributed by atoms with Gasteiger partial charge in [0.2, 0.25) is 10.0 Å². The highest BCUT2D eigenvalue weighted by molar-refractivity contribution is 7.89. The summed E-state index contributed by atoms with van der Waals surface area (Å²) in [4.78, 5) is 8.88. The van der Waals surface area contributed by atoms with Gasteiger partial charge in [0.15, 0.2) is 0 Å². The summed E-state index contributed by atoms with van der Waals surface area (Å²) in [5, 5.41) is 2.87. The van der Waals surface area contributed by atoms with E-state index in [9.17, 15) is 8.42 Å². The van der Waals surface area contributed by atoms with Crippen LogP contribution in [0.15, 0.2) is 53.0 Å². The van der Waals surface area contributed by atoms with Crippen molar-refractivity contribution in [3.8, 4) is 11.3 Å². The molecule has 0 aliphatic heterocycles. The van der Waals surface area contributed by atoms with Gasteiger partial charge in [-0.3, -0.25) is 4.98 Å².